The number of benzene rings is 1. The zero-order valence-corrected chi connectivity index (χ0v) is 16.3. The Morgan fingerprint density at radius 3 is 2.84 bits per heavy atom. The summed E-state index contributed by atoms with van der Waals surface area (Å²) in [7, 11) is 0. The van der Waals surface area contributed by atoms with E-state index in [9.17, 15) is 0 Å². The predicted octanol–water partition coefficient (Wildman–Crippen LogP) is 2.68. The Bertz CT molecular complexity index is 809. The van der Waals surface area contributed by atoms with Crippen molar-refractivity contribution in [3.8, 4) is 5.75 Å². The van der Waals surface area contributed by atoms with Gasteiger partial charge in [0.2, 0.25) is 0 Å². The summed E-state index contributed by atoms with van der Waals surface area (Å²) >= 11 is 6.52. The maximum absolute atomic E-state index is 7.95. The molecule has 0 fully saturated rings. The van der Waals surface area contributed by atoms with Crippen LogP contribution in [0.1, 0.15) is 31.9 Å². The van der Waals surface area contributed by atoms with Crippen molar-refractivity contribution in [1.29, 1.82) is 5.41 Å². The summed E-state index contributed by atoms with van der Waals surface area (Å²) in [6.45, 7) is 7.80. The van der Waals surface area contributed by atoms with Gasteiger partial charge in [-0.05, 0) is 56.8 Å². The number of thiocarbonyl (C=S) groups is 1. The molecule has 1 aromatic carbocycles. The molecule has 0 amide bonds. The van der Waals surface area contributed by atoms with Crippen LogP contribution in [0.15, 0.2) is 34.9 Å². The first-order chi connectivity index (χ1) is 12.0. The van der Waals surface area contributed by atoms with E-state index in [0.717, 1.165) is 29.1 Å². The van der Waals surface area contributed by atoms with Crippen LogP contribution in [0, 0.1) is 5.41 Å². The molecule has 0 saturated heterocycles. The average Bonchev–Trinajstić information content (AvgIpc) is 2.99. The van der Waals surface area contributed by atoms with Crippen LogP contribution >= 0.6 is 23.6 Å². The Balaban J connectivity index is 2.26. The number of ether oxygens (including phenoxy) is 1. The molecular formula is C17H23N5OS2. The lowest BCUT2D eigenvalue weighted by Crippen LogP contribution is -2.32. The van der Waals surface area contributed by atoms with Crippen LogP contribution in [0.25, 0.3) is 0 Å². The highest BCUT2D eigenvalue weighted by atomic mass is 32.1. The minimum Gasteiger partial charge on any atom is -0.494 e. The van der Waals surface area contributed by atoms with E-state index in [1.807, 2.05) is 55.1 Å². The fourth-order valence-corrected chi connectivity index (χ4v) is 3.02. The van der Waals surface area contributed by atoms with Crippen LogP contribution in [0.4, 0.5) is 0 Å². The second-order valence-electron chi connectivity index (χ2n) is 5.26. The van der Waals surface area contributed by atoms with Crippen LogP contribution < -0.4 is 20.3 Å². The maximum Gasteiger partial charge on any atom is 0.186 e. The number of hydrazone groups is 1. The average molecular weight is 378 g/mol. The van der Waals surface area contributed by atoms with E-state index >= 15 is 0 Å². The van der Waals surface area contributed by atoms with Crippen molar-refractivity contribution >= 4 is 34.4 Å². The molecule has 2 rings (SSSR count). The minimum atomic E-state index is 0.501. The molecule has 8 heteroatoms. The van der Waals surface area contributed by atoms with Gasteiger partial charge in [-0.1, -0.05) is 0 Å². The van der Waals surface area contributed by atoms with Crippen molar-refractivity contribution in [2.24, 2.45) is 5.10 Å². The normalized spacial score (nSPS) is 11.2. The molecule has 134 valence electrons. The zero-order chi connectivity index (χ0) is 18.2. The van der Waals surface area contributed by atoms with E-state index in [1.165, 1.54) is 11.3 Å². The molecule has 0 radical (unpaired) electrons. The van der Waals surface area contributed by atoms with Gasteiger partial charge in [-0.15, -0.1) is 11.3 Å². The van der Waals surface area contributed by atoms with E-state index in [1.54, 1.807) is 0 Å². The Morgan fingerprint density at radius 1 is 1.40 bits per heavy atom. The molecule has 0 aliphatic carbocycles. The lowest BCUT2D eigenvalue weighted by Gasteiger charge is -2.13. The molecule has 2 aromatic rings. The maximum atomic E-state index is 7.95. The van der Waals surface area contributed by atoms with Crippen LogP contribution in [0.5, 0.6) is 5.75 Å². The van der Waals surface area contributed by atoms with Gasteiger partial charge in [0, 0.05) is 23.7 Å². The van der Waals surface area contributed by atoms with Crippen molar-refractivity contribution < 1.29 is 4.74 Å². The molecule has 0 spiro atoms. The number of hydrogen-bond donors (Lipinski definition) is 3. The smallest absolute Gasteiger partial charge is 0.186 e. The molecule has 0 aliphatic heterocycles. The quantitative estimate of drug-likeness (QED) is 0.394. The van der Waals surface area contributed by atoms with Gasteiger partial charge in [0.15, 0.2) is 9.91 Å². The van der Waals surface area contributed by atoms with Gasteiger partial charge in [-0.2, -0.15) is 5.10 Å². The van der Waals surface area contributed by atoms with Crippen molar-refractivity contribution in [3.05, 3.63) is 45.7 Å². The predicted molar refractivity (Wildman–Crippen MR) is 106 cm³/mol. The second-order valence-corrected chi connectivity index (χ2v) is 6.56. The number of nitrogens with one attached hydrogen (secondary N) is 3. The lowest BCUT2D eigenvalue weighted by molar-refractivity contribution is 0.335. The van der Waals surface area contributed by atoms with Gasteiger partial charge in [0.1, 0.15) is 5.75 Å². The third-order valence-electron chi connectivity index (χ3n) is 3.46. The molecular weight excluding hydrogens is 354 g/mol. The molecule has 0 bridgehead atoms. The molecule has 0 saturated carbocycles. The summed E-state index contributed by atoms with van der Waals surface area (Å²) in [5.41, 5.74) is 5.66. The number of hydrogen-bond acceptors (Lipinski definition) is 5. The van der Waals surface area contributed by atoms with Crippen LogP contribution in [-0.4, -0.2) is 28.5 Å². The second kappa shape index (κ2) is 9.33. The first-order valence-corrected chi connectivity index (χ1v) is 9.36. The van der Waals surface area contributed by atoms with Gasteiger partial charge >= 0.3 is 0 Å². The molecule has 0 atom stereocenters. The molecule has 0 aliphatic rings. The third-order valence-corrected chi connectivity index (χ3v) is 4.41. The highest BCUT2D eigenvalue weighted by Crippen LogP contribution is 2.22. The molecule has 6 nitrogen and oxygen atoms in total. The summed E-state index contributed by atoms with van der Waals surface area (Å²) in [6, 6.07) is 5.98. The van der Waals surface area contributed by atoms with E-state index in [2.05, 4.69) is 15.8 Å². The summed E-state index contributed by atoms with van der Waals surface area (Å²) in [6.07, 6.45) is 1.91. The Kier molecular flexibility index (Phi) is 7.15. The van der Waals surface area contributed by atoms with Gasteiger partial charge in [0.05, 0.1) is 18.9 Å². The highest BCUT2D eigenvalue weighted by Gasteiger charge is 2.09. The van der Waals surface area contributed by atoms with Gasteiger partial charge in [-0.3, -0.25) is 10.8 Å². The summed E-state index contributed by atoms with van der Waals surface area (Å²) in [5.74, 6) is 0.827. The molecule has 3 N–H and O–H groups in total. The van der Waals surface area contributed by atoms with Crippen molar-refractivity contribution in [2.75, 3.05) is 13.2 Å². The number of nitrogens with zero attached hydrogens (tertiary/aromatic N) is 2. The lowest BCUT2D eigenvalue weighted by atomic mass is 10.1. The van der Waals surface area contributed by atoms with E-state index in [4.69, 9.17) is 22.4 Å². The highest BCUT2D eigenvalue weighted by molar-refractivity contribution is 7.80. The number of aromatic nitrogens is 1. The fraction of sp³-hybridized carbons (Fsp3) is 0.353. The summed E-state index contributed by atoms with van der Waals surface area (Å²) in [5, 5.41) is 17.7. The number of thiazole rings is 1. The first kappa shape index (κ1) is 19.1. The van der Waals surface area contributed by atoms with Crippen LogP contribution in [0.2, 0.25) is 0 Å². The largest absolute Gasteiger partial charge is 0.494 e. The summed E-state index contributed by atoms with van der Waals surface area (Å²) < 4.78 is 7.62. The minimum absolute atomic E-state index is 0.501. The first-order valence-electron chi connectivity index (χ1n) is 8.07. The third kappa shape index (κ3) is 5.40. The van der Waals surface area contributed by atoms with Gasteiger partial charge in [-0.25, -0.2) is 0 Å². The monoisotopic (exact) mass is 377 g/mol. The number of rotatable bonds is 7. The van der Waals surface area contributed by atoms with Gasteiger partial charge in [0.25, 0.3) is 0 Å². The Morgan fingerprint density at radius 2 is 2.20 bits per heavy atom. The van der Waals surface area contributed by atoms with Crippen molar-refractivity contribution in [2.45, 2.75) is 27.3 Å². The van der Waals surface area contributed by atoms with E-state index in [-0.39, 0.29) is 0 Å². The van der Waals surface area contributed by atoms with Crippen molar-refractivity contribution in [1.82, 2.24) is 15.3 Å². The fourth-order valence-electron chi connectivity index (χ4n) is 2.24. The van der Waals surface area contributed by atoms with Gasteiger partial charge < -0.3 is 14.6 Å². The molecule has 0 unspecified atom stereocenters. The van der Waals surface area contributed by atoms with Crippen LogP contribution in [0.3, 0.4) is 0 Å². The standard InChI is InChI=1S/C17H23N5OS2/c1-4-19-17(24)21-20-12(3)13-6-7-15(23-5-2)14(10-13)11-22-8-9-25-16(22)18/h6-10,18H,4-5,11H2,1-3H3,(H2,19,21,24)/b18-16?,20-12-. The SMILES string of the molecule is CCNC(=S)N/N=C(/C)c1ccc(OCC)c(Cn2ccsc2=N)c1. The Labute approximate surface area is 157 Å². The summed E-state index contributed by atoms with van der Waals surface area (Å²) in [4.78, 5) is 0.510. The zero-order valence-electron chi connectivity index (χ0n) is 14.6. The topological polar surface area (TPSA) is 74.4 Å². The molecule has 25 heavy (non-hydrogen) atoms. The van der Waals surface area contributed by atoms with Crippen LogP contribution in [-0.2, 0) is 6.54 Å². The Hall–Kier alpha value is -2.19. The van der Waals surface area contributed by atoms with E-state index in [0.29, 0.717) is 23.1 Å². The molecule has 1 heterocycles. The molecule has 1 aromatic heterocycles. The van der Waals surface area contributed by atoms with E-state index < -0.39 is 0 Å². The van der Waals surface area contributed by atoms with Crippen molar-refractivity contribution in [3.63, 3.8) is 0 Å².